The van der Waals surface area contributed by atoms with Crippen molar-refractivity contribution >= 4 is 38.6 Å². The van der Waals surface area contributed by atoms with Crippen molar-refractivity contribution in [1.82, 2.24) is 9.38 Å². The lowest BCUT2D eigenvalue weighted by Crippen LogP contribution is -2.14. The first-order valence-corrected chi connectivity index (χ1v) is 9.55. The van der Waals surface area contributed by atoms with E-state index in [4.69, 9.17) is 4.74 Å². The minimum absolute atomic E-state index is 0.198. The first-order chi connectivity index (χ1) is 14.3. The Labute approximate surface area is 171 Å². The van der Waals surface area contributed by atoms with Gasteiger partial charge in [0, 0.05) is 12.1 Å². The molecule has 0 fully saturated rings. The van der Waals surface area contributed by atoms with Crippen molar-refractivity contribution in [2.45, 2.75) is 12.8 Å². The Morgan fingerprint density at radius 3 is 2.60 bits per heavy atom. The van der Waals surface area contributed by atoms with Crippen molar-refractivity contribution < 1.29 is 22.7 Å². The molecule has 0 bridgehead atoms. The van der Waals surface area contributed by atoms with E-state index in [9.17, 15) is 22.8 Å². The summed E-state index contributed by atoms with van der Waals surface area (Å²) in [4.78, 5) is 29.2. The molecule has 0 atom stereocenters. The first-order valence-electron chi connectivity index (χ1n) is 8.73. The van der Waals surface area contributed by atoms with Crippen LogP contribution in [0.15, 0.2) is 65.5 Å². The van der Waals surface area contributed by atoms with Gasteiger partial charge in [0.2, 0.25) is 0 Å². The predicted octanol–water partition coefficient (Wildman–Crippen LogP) is 4.68. The molecule has 2 heterocycles. The minimum atomic E-state index is -4.41. The van der Waals surface area contributed by atoms with Crippen molar-refractivity contribution in [2.75, 3.05) is 0 Å². The molecule has 152 valence electrons. The standard InChI is InChI=1S/C21H13F3N2O3S/c22-21(23,24)14-8-5-13(6-9-14)7-10-19(28)29-12-15-11-18(27)26-16-3-1-2-4-17(16)30-20(26)25-15/h1-11H,12H2/b10-7+. The third-order valence-corrected chi connectivity index (χ3v) is 5.28. The van der Waals surface area contributed by atoms with Gasteiger partial charge in [-0.1, -0.05) is 35.6 Å². The van der Waals surface area contributed by atoms with Gasteiger partial charge in [0.1, 0.15) is 6.61 Å². The van der Waals surface area contributed by atoms with Crippen LogP contribution in [0.4, 0.5) is 13.2 Å². The lowest BCUT2D eigenvalue weighted by molar-refractivity contribution is -0.139. The number of aromatic nitrogens is 2. The highest BCUT2D eigenvalue weighted by Gasteiger charge is 2.29. The highest BCUT2D eigenvalue weighted by atomic mass is 32.1. The summed E-state index contributed by atoms with van der Waals surface area (Å²) in [6.07, 6.45) is -1.96. The molecule has 9 heteroatoms. The molecule has 5 nitrogen and oxygen atoms in total. The molecule has 0 saturated carbocycles. The molecule has 0 spiro atoms. The Hall–Kier alpha value is -3.46. The maximum atomic E-state index is 12.6. The van der Waals surface area contributed by atoms with Crippen LogP contribution in [0.3, 0.4) is 0 Å². The second kappa shape index (κ2) is 7.75. The average Bonchev–Trinajstić information content (AvgIpc) is 3.09. The monoisotopic (exact) mass is 430 g/mol. The smallest absolute Gasteiger partial charge is 0.416 e. The Morgan fingerprint density at radius 1 is 1.13 bits per heavy atom. The topological polar surface area (TPSA) is 60.7 Å². The number of halogens is 3. The summed E-state index contributed by atoms with van der Waals surface area (Å²) in [5.41, 5.74) is 0.448. The molecule has 0 aliphatic carbocycles. The number of carbonyl (C=O) groups is 1. The number of nitrogens with zero attached hydrogens (tertiary/aromatic N) is 2. The number of ether oxygens (including phenoxy) is 1. The van der Waals surface area contributed by atoms with Gasteiger partial charge in [-0.25, -0.2) is 9.78 Å². The van der Waals surface area contributed by atoms with Crippen LogP contribution in [0.2, 0.25) is 0 Å². The molecule has 0 N–H and O–H groups in total. The van der Waals surface area contributed by atoms with Crippen LogP contribution in [0.1, 0.15) is 16.8 Å². The van der Waals surface area contributed by atoms with Crippen molar-refractivity contribution in [2.24, 2.45) is 0 Å². The van der Waals surface area contributed by atoms with Crippen LogP contribution in [0.5, 0.6) is 0 Å². The Balaban J connectivity index is 1.44. The maximum Gasteiger partial charge on any atom is 0.416 e. The molecule has 2 aromatic carbocycles. The number of rotatable bonds is 4. The van der Waals surface area contributed by atoms with Crippen molar-refractivity contribution in [3.8, 4) is 0 Å². The lowest BCUT2D eigenvalue weighted by Gasteiger charge is -2.06. The van der Waals surface area contributed by atoms with Crippen LogP contribution in [-0.4, -0.2) is 15.4 Å². The van der Waals surface area contributed by atoms with Crippen LogP contribution in [0.25, 0.3) is 21.3 Å². The molecule has 30 heavy (non-hydrogen) atoms. The van der Waals surface area contributed by atoms with E-state index in [0.29, 0.717) is 16.2 Å². The molecule has 4 aromatic rings. The summed E-state index contributed by atoms with van der Waals surface area (Å²) < 4.78 is 45.2. The first kappa shape index (κ1) is 19.8. The molecule has 0 saturated heterocycles. The highest BCUT2D eigenvalue weighted by molar-refractivity contribution is 7.23. The number of benzene rings is 2. The SMILES string of the molecule is O=C(/C=C/c1ccc(C(F)(F)F)cc1)OCc1cc(=O)n2c(n1)sc1ccccc12. The summed E-state index contributed by atoms with van der Waals surface area (Å²) >= 11 is 1.35. The van der Waals surface area contributed by atoms with Crippen molar-refractivity contribution in [3.63, 3.8) is 0 Å². The molecule has 0 radical (unpaired) electrons. The van der Waals surface area contributed by atoms with Gasteiger partial charge in [-0.05, 0) is 35.9 Å². The van der Waals surface area contributed by atoms with Crippen molar-refractivity contribution in [3.05, 3.63) is 87.8 Å². The van der Waals surface area contributed by atoms with Gasteiger partial charge in [-0.3, -0.25) is 9.20 Å². The third kappa shape index (κ3) is 4.11. The number of alkyl halides is 3. The van der Waals surface area contributed by atoms with Crippen LogP contribution in [-0.2, 0) is 22.3 Å². The Bertz CT molecular complexity index is 1320. The summed E-state index contributed by atoms with van der Waals surface area (Å²) in [5.74, 6) is -0.701. The van der Waals surface area contributed by atoms with E-state index in [1.54, 1.807) is 0 Å². The summed E-state index contributed by atoms with van der Waals surface area (Å²) in [5, 5.41) is 0. The number of hydrogen-bond acceptors (Lipinski definition) is 5. The van der Waals surface area contributed by atoms with Crippen LogP contribution >= 0.6 is 11.3 Å². The number of fused-ring (bicyclic) bond motifs is 3. The number of para-hydroxylation sites is 1. The maximum absolute atomic E-state index is 12.6. The number of carbonyl (C=O) groups excluding carboxylic acids is 1. The zero-order chi connectivity index (χ0) is 21.3. The highest BCUT2D eigenvalue weighted by Crippen LogP contribution is 2.29. The third-order valence-electron chi connectivity index (χ3n) is 4.26. The second-order valence-corrected chi connectivity index (χ2v) is 7.34. The molecule has 0 aliphatic rings. The normalized spacial score (nSPS) is 12.1. The van der Waals surface area contributed by atoms with Gasteiger partial charge in [-0.15, -0.1) is 0 Å². The minimum Gasteiger partial charge on any atom is -0.456 e. The molecule has 2 aromatic heterocycles. The van der Waals surface area contributed by atoms with Gasteiger partial charge in [0.05, 0.1) is 21.5 Å². The fourth-order valence-electron chi connectivity index (χ4n) is 2.84. The van der Waals surface area contributed by atoms with E-state index >= 15 is 0 Å². The predicted molar refractivity (Wildman–Crippen MR) is 107 cm³/mol. The molecule has 4 rings (SSSR count). The van der Waals surface area contributed by atoms with E-state index in [1.165, 1.54) is 40.0 Å². The van der Waals surface area contributed by atoms with Gasteiger partial charge < -0.3 is 4.74 Å². The zero-order valence-corrected chi connectivity index (χ0v) is 16.0. The van der Waals surface area contributed by atoms with Crippen molar-refractivity contribution in [1.29, 1.82) is 0 Å². The molecular formula is C21H13F3N2O3S. The molecular weight excluding hydrogens is 417 g/mol. The molecule has 0 aliphatic heterocycles. The Kier molecular flexibility index (Phi) is 5.13. The summed E-state index contributed by atoms with van der Waals surface area (Å²) in [6, 6.07) is 13.1. The van der Waals surface area contributed by atoms with E-state index in [2.05, 4.69) is 4.98 Å². The van der Waals surface area contributed by atoms with Gasteiger partial charge in [-0.2, -0.15) is 13.2 Å². The molecule has 0 amide bonds. The second-order valence-electron chi connectivity index (χ2n) is 6.33. The fraction of sp³-hybridized carbons (Fsp3) is 0.0952. The van der Waals surface area contributed by atoms with Crippen LogP contribution < -0.4 is 5.56 Å². The average molecular weight is 430 g/mol. The zero-order valence-electron chi connectivity index (χ0n) is 15.2. The Morgan fingerprint density at radius 2 is 1.87 bits per heavy atom. The quantitative estimate of drug-likeness (QED) is 0.348. The number of hydrogen-bond donors (Lipinski definition) is 0. The summed E-state index contributed by atoms with van der Waals surface area (Å²) in [7, 11) is 0. The van der Waals surface area contributed by atoms with E-state index in [0.717, 1.165) is 28.4 Å². The number of thiazole rings is 1. The van der Waals surface area contributed by atoms with Gasteiger partial charge in [0.25, 0.3) is 5.56 Å². The number of esters is 1. The molecule has 0 unspecified atom stereocenters. The van der Waals surface area contributed by atoms with E-state index < -0.39 is 17.7 Å². The van der Waals surface area contributed by atoms with Gasteiger partial charge >= 0.3 is 12.1 Å². The van der Waals surface area contributed by atoms with E-state index in [-0.39, 0.29) is 12.2 Å². The largest absolute Gasteiger partial charge is 0.456 e. The lowest BCUT2D eigenvalue weighted by atomic mass is 10.1. The summed E-state index contributed by atoms with van der Waals surface area (Å²) in [6.45, 7) is -0.198. The van der Waals surface area contributed by atoms with E-state index in [1.807, 2.05) is 24.3 Å². The van der Waals surface area contributed by atoms with Gasteiger partial charge in [0.15, 0.2) is 4.96 Å². The fourth-order valence-corrected chi connectivity index (χ4v) is 3.89. The van der Waals surface area contributed by atoms with Crippen LogP contribution in [0, 0.1) is 0 Å².